The van der Waals surface area contributed by atoms with Gasteiger partial charge in [0.05, 0.1) is 0 Å². The topological polar surface area (TPSA) is 0 Å². The van der Waals surface area contributed by atoms with Crippen LogP contribution < -0.4 is 0 Å². The standard InChI is InChI=1S/C11H11Br/c1-7-3-4-10-8(2)5-9(12)6-11(7)10/h3,5-6H,4H2,1-2H3. The quantitative estimate of drug-likeness (QED) is 0.628. The summed E-state index contributed by atoms with van der Waals surface area (Å²) in [6, 6.07) is 4.40. The maximum atomic E-state index is 3.52. The summed E-state index contributed by atoms with van der Waals surface area (Å²) in [5, 5.41) is 0. The maximum Gasteiger partial charge on any atom is 0.0184 e. The van der Waals surface area contributed by atoms with Gasteiger partial charge < -0.3 is 0 Å². The lowest BCUT2D eigenvalue weighted by Crippen LogP contribution is -1.88. The third-order valence-corrected chi connectivity index (χ3v) is 2.93. The Morgan fingerprint density at radius 1 is 1.25 bits per heavy atom. The van der Waals surface area contributed by atoms with E-state index in [0.29, 0.717) is 0 Å². The Morgan fingerprint density at radius 2 is 2.00 bits per heavy atom. The summed E-state index contributed by atoms with van der Waals surface area (Å²) < 4.78 is 1.19. The highest BCUT2D eigenvalue weighted by molar-refractivity contribution is 9.10. The van der Waals surface area contributed by atoms with Crippen LogP contribution in [-0.2, 0) is 6.42 Å². The van der Waals surface area contributed by atoms with Crippen molar-refractivity contribution in [1.82, 2.24) is 0 Å². The Morgan fingerprint density at radius 3 is 2.75 bits per heavy atom. The summed E-state index contributed by atoms with van der Waals surface area (Å²) in [6.45, 7) is 4.35. The van der Waals surface area contributed by atoms with Gasteiger partial charge in [-0.25, -0.2) is 0 Å². The highest BCUT2D eigenvalue weighted by Gasteiger charge is 2.12. The fourth-order valence-corrected chi connectivity index (χ4v) is 2.33. The van der Waals surface area contributed by atoms with Gasteiger partial charge in [-0.05, 0) is 54.7 Å². The smallest absolute Gasteiger partial charge is 0.0184 e. The second-order valence-electron chi connectivity index (χ2n) is 3.34. The molecule has 0 saturated carbocycles. The van der Waals surface area contributed by atoms with Crippen molar-refractivity contribution in [3.05, 3.63) is 39.4 Å². The minimum atomic E-state index is 1.11. The highest BCUT2D eigenvalue weighted by atomic mass is 79.9. The van der Waals surface area contributed by atoms with Crippen LogP contribution in [0.1, 0.15) is 23.6 Å². The zero-order chi connectivity index (χ0) is 8.72. The molecule has 0 saturated heterocycles. The van der Waals surface area contributed by atoms with Crippen molar-refractivity contribution in [2.24, 2.45) is 0 Å². The molecule has 0 nitrogen and oxygen atoms in total. The van der Waals surface area contributed by atoms with Gasteiger partial charge in [-0.1, -0.05) is 22.0 Å². The number of hydrogen-bond acceptors (Lipinski definition) is 0. The third kappa shape index (κ3) is 1.13. The molecule has 0 aliphatic heterocycles. The summed E-state index contributed by atoms with van der Waals surface area (Å²) >= 11 is 3.52. The number of fused-ring (bicyclic) bond motifs is 1. The predicted molar refractivity (Wildman–Crippen MR) is 56.2 cm³/mol. The van der Waals surface area contributed by atoms with E-state index in [4.69, 9.17) is 0 Å². The number of rotatable bonds is 0. The SMILES string of the molecule is CC1=CCc2c(C)cc(Br)cc21. The van der Waals surface area contributed by atoms with E-state index in [-0.39, 0.29) is 0 Å². The van der Waals surface area contributed by atoms with Crippen LogP contribution in [0.15, 0.2) is 22.7 Å². The first kappa shape index (κ1) is 8.06. The van der Waals surface area contributed by atoms with Crippen molar-refractivity contribution in [1.29, 1.82) is 0 Å². The third-order valence-electron chi connectivity index (χ3n) is 2.47. The first-order valence-corrected chi connectivity index (χ1v) is 4.94. The molecule has 0 unspecified atom stereocenters. The maximum absolute atomic E-state index is 3.52. The molecule has 0 N–H and O–H groups in total. The molecule has 1 aromatic carbocycles. The van der Waals surface area contributed by atoms with Crippen LogP contribution in [0.5, 0.6) is 0 Å². The number of allylic oxidation sites excluding steroid dienone is 2. The van der Waals surface area contributed by atoms with Gasteiger partial charge in [0.15, 0.2) is 0 Å². The van der Waals surface area contributed by atoms with Crippen molar-refractivity contribution < 1.29 is 0 Å². The molecule has 0 fully saturated rings. The van der Waals surface area contributed by atoms with Crippen molar-refractivity contribution in [2.75, 3.05) is 0 Å². The number of hydrogen-bond donors (Lipinski definition) is 0. The van der Waals surface area contributed by atoms with Crippen LogP contribution in [0.4, 0.5) is 0 Å². The van der Waals surface area contributed by atoms with Crippen LogP contribution in [0.2, 0.25) is 0 Å². The zero-order valence-electron chi connectivity index (χ0n) is 7.32. The Hall–Kier alpha value is -0.560. The lowest BCUT2D eigenvalue weighted by molar-refractivity contribution is 1.24. The van der Waals surface area contributed by atoms with E-state index in [1.165, 1.54) is 26.7 Å². The lowest BCUT2D eigenvalue weighted by atomic mass is 10.0. The highest BCUT2D eigenvalue weighted by Crippen LogP contribution is 2.31. The monoisotopic (exact) mass is 222 g/mol. The molecule has 1 aliphatic carbocycles. The predicted octanol–water partition coefficient (Wildman–Crippen LogP) is 3.72. The van der Waals surface area contributed by atoms with Gasteiger partial charge in [-0.3, -0.25) is 0 Å². The van der Waals surface area contributed by atoms with Crippen molar-refractivity contribution >= 4 is 21.5 Å². The van der Waals surface area contributed by atoms with Gasteiger partial charge in [-0.2, -0.15) is 0 Å². The molecule has 1 aliphatic rings. The van der Waals surface area contributed by atoms with Gasteiger partial charge in [0.25, 0.3) is 0 Å². The van der Waals surface area contributed by atoms with E-state index in [1.807, 2.05) is 0 Å². The second-order valence-corrected chi connectivity index (χ2v) is 4.26. The Kier molecular flexibility index (Phi) is 1.84. The Bertz CT molecular complexity index is 362. The molecule has 1 heteroatoms. The van der Waals surface area contributed by atoms with Crippen LogP contribution in [0.25, 0.3) is 5.57 Å². The van der Waals surface area contributed by atoms with Gasteiger partial charge in [0, 0.05) is 4.47 Å². The molecule has 0 heterocycles. The van der Waals surface area contributed by atoms with Crippen LogP contribution in [0.3, 0.4) is 0 Å². The fraction of sp³-hybridized carbons (Fsp3) is 0.273. The van der Waals surface area contributed by atoms with Gasteiger partial charge in [0.1, 0.15) is 0 Å². The summed E-state index contributed by atoms with van der Waals surface area (Å²) in [7, 11) is 0. The minimum Gasteiger partial charge on any atom is -0.0766 e. The van der Waals surface area contributed by atoms with E-state index in [9.17, 15) is 0 Å². The first-order chi connectivity index (χ1) is 5.68. The van der Waals surface area contributed by atoms with E-state index in [2.05, 4.69) is 48.0 Å². The lowest BCUT2D eigenvalue weighted by Gasteiger charge is -2.05. The Balaban J connectivity index is 2.67. The summed E-state index contributed by atoms with van der Waals surface area (Å²) in [4.78, 5) is 0. The van der Waals surface area contributed by atoms with Crippen LogP contribution in [-0.4, -0.2) is 0 Å². The molecule has 12 heavy (non-hydrogen) atoms. The normalized spacial score (nSPS) is 14.4. The molecule has 0 atom stereocenters. The van der Waals surface area contributed by atoms with Gasteiger partial charge in [0.2, 0.25) is 0 Å². The summed E-state index contributed by atoms with van der Waals surface area (Å²) in [6.07, 6.45) is 3.41. The van der Waals surface area contributed by atoms with Crippen LogP contribution in [0, 0.1) is 6.92 Å². The first-order valence-electron chi connectivity index (χ1n) is 4.14. The van der Waals surface area contributed by atoms with E-state index in [0.717, 1.165) is 6.42 Å². The number of aryl methyl sites for hydroxylation is 1. The second kappa shape index (κ2) is 2.74. The van der Waals surface area contributed by atoms with E-state index in [1.54, 1.807) is 0 Å². The van der Waals surface area contributed by atoms with E-state index < -0.39 is 0 Å². The van der Waals surface area contributed by atoms with Gasteiger partial charge >= 0.3 is 0 Å². The van der Waals surface area contributed by atoms with E-state index >= 15 is 0 Å². The fourth-order valence-electron chi connectivity index (χ4n) is 1.76. The van der Waals surface area contributed by atoms with Crippen molar-refractivity contribution in [2.45, 2.75) is 20.3 Å². The van der Waals surface area contributed by atoms with Crippen molar-refractivity contribution in [3.8, 4) is 0 Å². The molecule has 62 valence electrons. The summed E-state index contributed by atoms with van der Waals surface area (Å²) in [5.74, 6) is 0. The Labute approximate surface area is 81.4 Å². The molecule has 0 aromatic heterocycles. The molecule has 1 aromatic rings. The van der Waals surface area contributed by atoms with Crippen molar-refractivity contribution in [3.63, 3.8) is 0 Å². The largest absolute Gasteiger partial charge is 0.0766 e. The van der Waals surface area contributed by atoms with Crippen LogP contribution >= 0.6 is 15.9 Å². The molecular weight excluding hydrogens is 212 g/mol. The zero-order valence-corrected chi connectivity index (χ0v) is 8.90. The molecule has 0 spiro atoms. The molecule has 0 bridgehead atoms. The summed E-state index contributed by atoms with van der Waals surface area (Å²) in [5.41, 5.74) is 5.72. The minimum absolute atomic E-state index is 1.11. The average molecular weight is 223 g/mol. The van der Waals surface area contributed by atoms with Gasteiger partial charge in [-0.15, -0.1) is 0 Å². The molecule has 2 rings (SSSR count). The average Bonchev–Trinajstić information content (AvgIpc) is 2.33. The molecular formula is C11H11Br. The number of halogens is 1. The molecule has 0 amide bonds. The number of benzene rings is 1. The molecule has 0 radical (unpaired) electrons.